The molecule has 0 aliphatic rings. The molecule has 0 saturated carbocycles. The maximum Gasteiger partial charge on any atom is 0.127 e. The van der Waals surface area contributed by atoms with E-state index in [4.69, 9.17) is 11.6 Å². The third-order valence-electron chi connectivity index (χ3n) is 3.21. The maximum absolute atomic E-state index is 6.26. The predicted octanol–water partition coefficient (Wildman–Crippen LogP) is 4.00. The van der Waals surface area contributed by atoms with E-state index in [1.54, 1.807) is 6.20 Å². The molecule has 0 radical (unpaired) electrons. The minimum Gasteiger partial charge on any atom is -0.325 e. The van der Waals surface area contributed by atoms with E-state index < -0.39 is 0 Å². The fraction of sp³-hybridized carbons (Fsp3) is 0.286. The van der Waals surface area contributed by atoms with Crippen LogP contribution in [0.1, 0.15) is 18.1 Å². The van der Waals surface area contributed by atoms with Crippen molar-refractivity contribution in [3.63, 3.8) is 0 Å². The third kappa shape index (κ3) is 2.60. The number of hydrogen-bond donors (Lipinski definition) is 0. The highest BCUT2D eigenvalue weighted by molar-refractivity contribution is 9.10. The maximum atomic E-state index is 6.26. The summed E-state index contributed by atoms with van der Waals surface area (Å²) in [6.45, 7) is 3.54. The van der Waals surface area contributed by atoms with E-state index in [-0.39, 0.29) is 5.38 Å². The van der Waals surface area contributed by atoms with Gasteiger partial charge in [-0.25, -0.2) is 4.98 Å². The number of aryl methyl sites for hydroxylation is 2. The number of nitrogens with zero attached hydrogens (tertiary/aromatic N) is 4. The molecule has 1 unspecified atom stereocenters. The monoisotopic (exact) mass is 352 g/mol. The van der Waals surface area contributed by atoms with Crippen molar-refractivity contribution in [2.75, 3.05) is 0 Å². The second-order valence-electron chi connectivity index (χ2n) is 4.64. The van der Waals surface area contributed by atoms with Crippen LogP contribution in [-0.4, -0.2) is 19.3 Å². The van der Waals surface area contributed by atoms with E-state index in [0.717, 1.165) is 34.4 Å². The number of hydrogen-bond acceptors (Lipinski definition) is 2. The van der Waals surface area contributed by atoms with Crippen LogP contribution in [0.2, 0.25) is 0 Å². The molecule has 0 bridgehead atoms. The van der Waals surface area contributed by atoms with Gasteiger partial charge in [0.2, 0.25) is 0 Å². The molecule has 0 aliphatic carbocycles. The first-order chi connectivity index (χ1) is 9.65. The molecule has 0 spiro atoms. The minimum absolute atomic E-state index is 0.126. The van der Waals surface area contributed by atoms with Crippen molar-refractivity contribution in [1.29, 1.82) is 0 Å². The summed E-state index contributed by atoms with van der Waals surface area (Å²) in [5.41, 5.74) is 2.06. The number of fused-ring (bicyclic) bond motifs is 1. The number of halogens is 2. The number of imidazole rings is 1. The van der Waals surface area contributed by atoms with Crippen LogP contribution < -0.4 is 0 Å². The lowest BCUT2D eigenvalue weighted by Crippen LogP contribution is -2.11. The lowest BCUT2D eigenvalue weighted by atomic mass is 10.3. The van der Waals surface area contributed by atoms with Crippen molar-refractivity contribution in [2.45, 2.75) is 25.4 Å². The van der Waals surface area contributed by atoms with E-state index >= 15 is 0 Å². The van der Waals surface area contributed by atoms with Gasteiger partial charge < -0.3 is 4.57 Å². The zero-order valence-corrected chi connectivity index (χ0v) is 13.3. The average Bonchev–Trinajstić information content (AvgIpc) is 3.02. The molecule has 2 heterocycles. The summed E-state index contributed by atoms with van der Waals surface area (Å²) in [6.07, 6.45) is 3.74. The van der Waals surface area contributed by atoms with Gasteiger partial charge in [0.1, 0.15) is 5.82 Å². The van der Waals surface area contributed by atoms with E-state index in [1.807, 2.05) is 36.0 Å². The molecule has 0 N–H and O–H groups in total. The van der Waals surface area contributed by atoms with Gasteiger partial charge in [0.25, 0.3) is 0 Å². The standard InChI is InChI=1S/C14H14BrClN4/c1-10(16)14-18-12-9-11(15)3-4-13(12)20(14)8-7-19-6-2-5-17-19/h2-6,9-10H,7-8H2,1H3. The molecular weight excluding hydrogens is 340 g/mol. The Morgan fingerprint density at radius 3 is 2.90 bits per heavy atom. The Labute approximate surface area is 130 Å². The highest BCUT2D eigenvalue weighted by Crippen LogP contribution is 2.26. The van der Waals surface area contributed by atoms with E-state index in [2.05, 4.69) is 36.6 Å². The predicted molar refractivity (Wildman–Crippen MR) is 83.9 cm³/mol. The molecule has 3 rings (SSSR count). The van der Waals surface area contributed by atoms with Crippen molar-refractivity contribution < 1.29 is 0 Å². The molecule has 1 aromatic carbocycles. The lowest BCUT2D eigenvalue weighted by Gasteiger charge is -2.10. The SMILES string of the molecule is CC(Cl)c1nc2cc(Br)ccc2n1CCn1cccn1. The Morgan fingerprint density at radius 1 is 1.35 bits per heavy atom. The van der Waals surface area contributed by atoms with Crippen LogP contribution in [0.4, 0.5) is 0 Å². The summed E-state index contributed by atoms with van der Waals surface area (Å²) in [5, 5.41) is 4.10. The molecule has 104 valence electrons. The molecule has 6 heteroatoms. The first kappa shape index (κ1) is 13.6. The van der Waals surface area contributed by atoms with Crippen LogP contribution in [0.15, 0.2) is 41.1 Å². The van der Waals surface area contributed by atoms with Gasteiger partial charge in [-0.2, -0.15) is 5.10 Å². The average molecular weight is 354 g/mol. The zero-order valence-electron chi connectivity index (χ0n) is 11.0. The van der Waals surface area contributed by atoms with E-state index in [0.29, 0.717) is 0 Å². The van der Waals surface area contributed by atoms with Gasteiger partial charge in [0.05, 0.1) is 23.0 Å². The normalized spacial score (nSPS) is 12.9. The Balaban J connectivity index is 2.00. The lowest BCUT2D eigenvalue weighted by molar-refractivity contribution is 0.528. The van der Waals surface area contributed by atoms with Crippen molar-refractivity contribution in [2.24, 2.45) is 0 Å². The Hall–Kier alpha value is -1.33. The Kier molecular flexibility index (Phi) is 3.81. The number of aromatic nitrogens is 4. The first-order valence-corrected chi connectivity index (χ1v) is 7.65. The van der Waals surface area contributed by atoms with Gasteiger partial charge in [0, 0.05) is 23.4 Å². The van der Waals surface area contributed by atoms with Crippen LogP contribution in [0.3, 0.4) is 0 Å². The fourth-order valence-electron chi connectivity index (χ4n) is 2.30. The van der Waals surface area contributed by atoms with Crippen LogP contribution >= 0.6 is 27.5 Å². The van der Waals surface area contributed by atoms with Gasteiger partial charge >= 0.3 is 0 Å². The van der Waals surface area contributed by atoms with Crippen molar-refractivity contribution in [1.82, 2.24) is 19.3 Å². The van der Waals surface area contributed by atoms with Crippen molar-refractivity contribution in [3.05, 3.63) is 47.0 Å². The van der Waals surface area contributed by atoms with Gasteiger partial charge in [0.15, 0.2) is 0 Å². The highest BCUT2D eigenvalue weighted by Gasteiger charge is 2.15. The molecule has 4 nitrogen and oxygen atoms in total. The molecular formula is C14H14BrClN4. The fourth-order valence-corrected chi connectivity index (χ4v) is 2.81. The zero-order chi connectivity index (χ0) is 14.1. The van der Waals surface area contributed by atoms with Gasteiger partial charge in [-0.15, -0.1) is 11.6 Å². The number of rotatable bonds is 4. The highest BCUT2D eigenvalue weighted by atomic mass is 79.9. The number of benzene rings is 1. The second-order valence-corrected chi connectivity index (χ2v) is 6.21. The van der Waals surface area contributed by atoms with Crippen LogP contribution in [-0.2, 0) is 13.1 Å². The summed E-state index contributed by atoms with van der Waals surface area (Å²) in [6, 6.07) is 8.03. The molecule has 2 aromatic heterocycles. The van der Waals surface area contributed by atoms with Crippen LogP contribution in [0.5, 0.6) is 0 Å². The smallest absolute Gasteiger partial charge is 0.127 e. The Morgan fingerprint density at radius 2 is 2.20 bits per heavy atom. The molecule has 0 fully saturated rings. The van der Waals surface area contributed by atoms with Crippen LogP contribution in [0, 0.1) is 0 Å². The summed E-state index contributed by atoms with van der Waals surface area (Å²) in [4.78, 5) is 4.64. The van der Waals surface area contributed by atoms with Gasteiger partial charge in [-0.3, -0.25) is 4.68 Å². The molecule has 3 aromatic rings. The molecule has 20 heavy (non-hydrogen) atoms. The first-order valence-electron chi connectivity index (χ1n) is 6.42. The van der Waals surface area contributed by atoms with Crippen molar-refractivity contribution in [3.8, 4) is 0 Å². The number of alkyl halides is 1. The topological polar surface area (TPSA) is 35.6 Å². The van der Waals surface area contributed by atoms with E-state index in [9.17, 15) is 0 Å². The van der Waals surface area contributed by atoms with Crippen LogP contribution in [0.25, 0.3) is 11.0 Å². The second kappa shape index (κ2) is 5.58. The molecule has 0 aliphatic heterocycles. The summed E-state index contributed by atoms with van der Waals surface area (Å²) in [7, 11) is 0. The molecule has 0 amide bonds. The third-order valence-corrected chi connectivity index (χ3v) is 3.90. The quantitative estimate of drug-likeness (QED) is 0.665. The molecule has 0 saturated heterocycles. The summed E-state index contributed by atoms with van der Waals surface area (Å²) >= 11 is 9.74. The van der Waals surface area contributed by atoms with Gasteiger partial charge in [-0.1, -0.05) is 15.9 Å². The molecule has 1 atom stereocenters. The van der Waals surface area contributed by atoms with Gasteiger partial charge in [-0.05, 0) is 31.2 Å². The summed E-state index contributed by atoms with van der Waals surface area (Å²) < 4.78 is 5.10. The van der Waals surface area contributed by atoms with E-state index in [1.165, 1.54) is 0 Å². The van der Waals surface area contributed by atoms with Crippen molar-refractivity contribution >= 4 is 38.6 Å². The summed E-state index contributed by atoms with van der Waals surface area (Å²) in [5.74, 6) is 0.895. The Bertz CT molecular complexity index is 718. The largest absolute Gasteiger partial charge is 0.325 e. The minimum atomic E-state index is -0.126.